The molecular formula is C70H77Cl4N7O14. The van der Waals surface area contributed by atoms with Gasteiger partial charge in [0.15, 0.2) is 11.6 Å². The van der Waals surface area contributed by atoms with Crippen molar-refractivity contribution in [3.63, 3.8) is 0 Å². The largest absolute Gasteiger partial charge is 0.467 e. The number of Topliss-reactive ketones (excluding diaryl/α,β-unsaturated/α-hetero) is 2. The van der Waals surface area contributed by atoms with Crippen molar-refractivity contribution in [3.05, 3.63) is 187 Å². The molecule has 95 heavy (non-hydrogen) atoms. The molecule has 0 fully saturated rings. The minimum atomic E-state index is -1.21. The summed E-state index contributed by atoms with van der Waals surface area (Å²) in [5.41, 5.74) is 8.87. The Hall–Kier alpha value is -9.28. The maximum atomic E-state index is 13.2. The van der Waals surface area contributed by atoms with Gasteiger partial charge in [0.2, 0.25) is 0 Å². The number of benzene rings is 6. The second-order valence-electron chi connectivity index (χ2n) is 23.2. The number of carbonyl (C=O) groups is 10. The molecule has 504 valence electrons. The first kappa shape index (κ1) is 78.2. The van der Waals surface area contributed by atoms with E-state index in [1.807, 2.05) is 60.7 Å². The first-order valence-electron chi connectivity index (χ1n) is 29.3. The number of halogens is 4. The summed E-state index contributed by atoms with van der Waals surface area (Å²) in [6.45, 7) is 9.58. The van der Waals surface area contributed by atoms with E-state index < -0.39 is 76.7 Å². The number of aliphatic imine (C=N–C) groups is 1. The summed E-state index contributed by atoms with van der Waals surface area (Å²) in [6.07, 6.45) is -1.43. The molecule has 25 heteroatoms. The van der Waals surface area contributed by atoms with Crippen molar-refractivity contribution >= 4 is 117 Å². The van der Waals surface area contributed by atoms with Crippen LogP contribution in [0.1, 0.15) is 134 Å². The standard InChI is InChI=1S/C40H45Cl2N3O9.C29H28Cl2N4O5.CH4/c1-39(2,3)53-33(47)22-28(44-38(51)54-40(4,5)6)19-24-12-11-15-26(18-24)35(48)43-23-29(46)16-17-32(37(50)52-7)45-36(49)34-30(41)20-27(21-31(34)42)25-13-9-8-10-14-25;1-40-29(39)24(11-10-21(36)16-34-27(37)19-9-5-6-17(12-19)13-25(32)33)35-28(38)26-22(30)14-20(15-23(26)31)18-7-3-2-4-8-18;/h8-15,18,20-21,32H,16-17,19,22-23H2,1-7H3,(H,43,48)(H,45,49);2-9,12,14-15,24H,10-11,13,16H2,1H3,(H3,32,33)(H,34,37)(H,35,38);1H4/t32-;24-;/m00./s1. The zero-order valence-corrected chi connectivity index (χ0v) is 56.0. The third kappa shape index (κ3) is 26.2. The molecule has 0 spiro atoms. The summed E-state index contributed by atoms with van der Waals surface area (Å²) in [7, 11) is 2.31. The van der Waals surface area contributed by atoms with Gasteiger partial charge in [-0.2, -0.15) is 4.99 Å². The minimum absolute atomic E-state index is 0. The van der Waals surface area contributed by atoms with Gasteiger partial charge in [-0.25, -0.2) is 14.4 Å². The molecular weight excluding hydrogens is 1300 g/mol. The summed E-state index contributed by atoms with van der Waals surface area (Å²) in [6, 6.07) is 35.6. The van der Waals surface area contributed by atoms with Crippen molar-refractivity contribution in [2.24, 2.45) is 10.7 Å². The number of nitrogens with zero attached hydrogens (tertiary/aromatic N) is 1. The van der Waals surface area contributed by atoms with Crippen LogP contribution >= 0.6 is 46.4 Å². The van der Waals surface area contributed by atoms with Crippen molar-refractivity contribution in [2.75, 3.05) is 27.3 Å². The molecule has 0 saturated heterocycles. The number of carbonyl (C=O) groups excluding carboxylic acids is 10. The highest BCUT2D eigenvalue weighted by atomic mass is 35.5. The van der Waals surface area contributed by atoms with Crippen LogP contribution in [0.5, 0.6) is 0 Å². The van der Waals surface area contributed by atoms with Crippen LogP contribution in [-0.4, -0.2) is 121 Å². The lowest BCUT2D eigenvalue weighted by molar-refractivity contribution is -0.153. The van der Waals surface area contributed by atoms with E-state index >= 15 is 0 Å². The van der Waals surface area contributed by atoms with E-state index in [0.717, 1.165) is 23.8 Å². The molecule has 0 aliphatic rings. The molecule has 0 radical (unpaired) electrons. The molecule has 0 heterocycles. The van der Waals surface area contributed by atoms with Crippen molar-refractivity contribution < 1.29 is 66.9 Å². The number of methoxy groups -OCH3 is 2. The number of amides is 5. The number of ether oxygens (including phenoxy) is 4. The molecule has 0 aliphatic heterocycles. The summed E-state index contributed by atoms with van der Waals surface area (Å²) in [4.78, 5) is 131. The number of nitrogens with two attached hydrogens (primary N) is 1. The van der Waals surface area contributed by atoms with Crippen LogP contribution in [0.2, 0.25) is 20.1 Å². The normalized spacial score (nSPS) is 11.7. The van der Waals surface area contributed by atoms with Crippen molar-refractivity contribution in [1.29, 1.82) is 5.41 Å². The second kappa shape index (κ2) is 37.0. The van der Waals surface area contributed by atoms with Crippen LogP contribution in [0.25, 0.3) is 22.3 Å². The van der Waals surface area contributed by atoms with Crippen LogP contribution in [-0.2, 0) is 55.8 Å². The maximum Gasteiger partial charge on any atom is 0.434 e. The molecule has 6 aromatic rings. The van der Waals surface area contributed by atoms with E-state index in [1.54, 1.807) is 108 Å². The Kier molecular flexibility index (Phi) is 30.4. The molecule has 0 bridgehead atoms. The van der Waals surface area contributed by atoms with E-state index in [1.165, 1.54) is 13.2 Å². The quantitative estimate of drug-likeness (QED) is 0.0127. The third-order valence-corrected chi connectivity index (χ3v) is 14.4. The fourth-order valence-electron chi connectivity index (χ4n) is 8.97. The summed E-state index contributed by atoms with van der Waals surface area (Å²) in [5.74, 6) is -5.40. The minimum Gasteiger partial charge on any atom is -0.467 e. The van der Waals surface area contributed by atoms with Crippen LogP contribution < -0.4 is 27.0 Å². The van der Waals surface area contributed by atoms with Crippen LogP contribution in [0.3, 0.4) is 0 Å². The Morgan fingerprint density at radius 3 is 1.24 bits per heavy atom. The Morgan fingerprint density at radius 2 is 0.884 bits per heavy atom. The monoisotopic (exact) mass is 1380 g/mol. The van der Waals surface area contributed by atoms with Gasteiger partial charge in [-0.1, -0.05) is 139 Å². The van der Waals surface area contributed by atoms with E-state index in [2.05, 4.69) is 26.3 Å². The number of nitrogens with one attached hydrogen (secondary N) is 5. The average molecular weight is 1380 g/mol. The second-order valence-corrected chi connectivity index (χ2v) is 24.8. The lowest BCUT2D eigenvalue weighted by Gasteiger charge is -2.20. The fourth-order valence-corrected chi connectivity index (χ4v) is 10.3. The van der Waals surface area contributed by atoms with Gasteiger partial charge in [-0.15, -0.1) is 0 Å². The summed E-state index contributed by atoms with van der Waals surface area (Å²) < 4.78 is 20.3. The van der Waals surface area contributed by atoms with Crippen LogP contribution in [0, 0.1) is 5.41 Å². The Morgan fingerprint density at radius 1 is 0.505 bits per heavy atom. The number of esters is 3. The number of hydrogen-bond donors (Lipinski definition) is 6. The highest BCUT2D eigenvalue weighted by Gasteiger charge is 2.29. The SMILES string of the molecule is C.COC(=O)[C@H](CCC(=O)CNC(=O)c1cccc(CC(=N)N)c1)NC(=O)c1c(Cl)cc(-c2ccccc2)cc1Cl.COC(=O)[C@H](CCC(=O)CNC(=O)c1cccc(CC(CC(=O)OC(C)(C)C)=NC(=O)OC(C)(C)C)c1)NC(=O)c1c(Cl)cc(-c2ccccc2)cc1Cl. The highest BCUT2D eigenvalue weighted by molar-refractivity contribution is 6.41. The maximum absolute atomic E-state index is 13.2. The summed E-state index contributed by atoms with van der Waals surface area (Å²) >= 11 is 25.7. The lowest BCUT2D eigenvalue weighted by atomic mass is 10.0. The van der Waals surface area contributed by atoms with Crippen molar-refractivity contribution in [2.45, 2.75) is 117 Å². The third-order valence-electron chi connectivity index (χ3n) is 13.2. The van der Waals surface area contributed by atoms with E-state index in [4.69, 9.17) is 76.5 Å². The first-order chi connectivity index (χ1) is 44.3. The molecule has 7 N–H and O–H groups in total. The van der Waals surface area contributed by atoms with Crippen molar-refractivity contribution in [3.8, 4) is 22.3 Å². The lowest BCUT2D eigenvalue weighted by Crippen LogP contribution is -2.42. The molecule has 6 rings (SSSR count). The van der Waals surface area contributed by atoms with Gasteiger partial charge in [-0.3, -0.25) is 39.0 Å². The number of ketones is 2. The van der Waals surface area contributed by atoms with Gasteiger partial charge >= 0.3 is 24.0 Å². The molecule has 0 aliphatic carbocycles. The Balaban J connectivity index is 0.000000417. The predicted octanol–water partition coefficient (Wildman–Crippen LogP) is 12.2. The molecule has 5 amide bonds. The molecule has 21 nitrogen and oxygen atoms in total. The van der Waals surface area contributed by atoms with Gasteiger partial charge in [0, 0.05) is 42.5 Å². The van der Waals surface area contributed by atoms with Gasteiger partial charge < -0.3 is 45.9 Å². The Labute approximate surface area is 572 Å². The van der Waals surface area contributed by atoms with Crippen molar-refractivity contribution in [1.82, 2.24) is 21.3 Å². The van der Waals surface area contributed by atoms with E-state index in [0.29, 0.717) is 22.3 Å². The first-order valence-corrected chi connectivity index (χ1v) is 30.8. The Bertz CT molecular complexity index is 3770. The number of hydrogen-bond acceptors (Lipinski definition) is 15. The molecule has 6 aromatic carbocycles. The van der Waals surface area contributed by atoms with Gasteiger partial charge in [0.1, 0.15) is 23.3 Å². The molecule has 0 saturated carbocycles. The number of amidine groups is 1. The zero-order chi connectivity index (χ0) is 69.5. The highest BCUT2D eigenvalue weighted by Crippen LogP contribution is 2.34. The van der Waals surface area contributed by atoms with E-state index in [9.17, 15) is 47.9 Å². The zero-order valence-electron chi connectivity index (χ0n) is 53.0. The number of rotatable bonds is 26. The van der Waals surface area contributed by atoms with Gasteiger partial charge in [0.25, 0.3) is 23.6 Å². The van der Waals surface area contributed by atoms with Gasteiger partial charge in [0.05, 0.1) is 70.8 Å². The predicted molar refractivity (Wildman–Crippen MR) is 367 cm³/mol. The average Bonchev–Trinajstić information content (AvgIpc) is 0.831. The molecule has 0 unspecified atom stereocenters. The summed E-state index contributed by atoms with van der Waals surface area (Å²) in [5, 5.41) is 17.9. The molecule has 2 atom stereocenters. The van der Waals surface area contributed by atoms with E-state index in [-0.39, 0.29) is 120 Å². The smallest absolute Gasteiger partial charge is 0.434 e. The fraction of sp³-hybridized carbons (Fsp3) is 0.314. The van der Waals surface area contributed by atoms with Crippen LogP contribution in [0.4, 0.5) is 4.79 Å². The molecule has 0 aromatic heterocycles. The van der Waals surface area contributed by atoms with Crippen LogP contribution in [0.15, 0.2) is 138 Å². The topological polar surface area (TPSA) is 318 Å². The van der Waals surface area contributed by atoms with Gasteiger partial charge in [-0.05, 0) is 136 Å².